The zero-order valence-corrected chi connectivity index (χ0v) is 11.3. The van der Waals surface area contributed by atoms with E-state index in [1.165, 1.54) is 6.42 Å². The molecule has 3 heteroatoms. The van der Waals surface area contributed by atoms with Gasteiger partial charge < -0.3 is 10.0 Å². The molecular weight excluding hydrogens is 226 g/mol. The van der Waals surface area contributed by atoms with Crippen LogP contribution in [0.4, 0.5) is 5.69 Å². The third kappa shape index (κ3) is 2.50. The second-order valence-corrected chi connectivity index (χ2v) is 5.49. The normalized spacial score (nSPS) is 24.1. The number of hydrogen-bond donors (Lipinski definition) is 1. The van der Waals surface area contributed by atoms with Crippen LogP contribution in [0, 0.1) is 18.8 Å². The van der Waals surface area contributed by atoms with Crippen molar-refractivity contribution in [2.24, 2.45) is 11.8 Å². The summed E-state index contributed by atoms with van der Waals surface area (Å²) in [6.07, 6.45) is 1.21. The summed E-state index contributed by atoms with van der Waals surface area (Å²) in [7, 11) is 0. The van der Waals surface area contributed by atoms with Crippen molar-refractivity contribution in [2.45, 2.75) is 27.2 Å². The molecule has 0 saturated carbocycles. The predicted molar refractivity (Wildman–Crippen MR) is 73.3 cm³/mol. The maximum Gasteiger partial charge on any atom is 0.335 e. The quantitative estimate of drug-likeness (QED) is 0.872. The average molecular weight is 247 g/mol. The number of anilines is 1. The van der Waals surface area contributed by atoms with E-state index in [0.717, 1.165) is 30.3 Å². The first kappa shape index (κ1) is 12.9. The number of carboxylic acid groups (broad SMARTS) is 1. The lowest BCUT2D eigenvalue weighted by molar-refractivity contribution is 0.0696. The molecule has 0 aliphatic carbocycles. The number of aryl methyl sites for hydroxylation is 1. The molecule has 1 fully saturated rings. The van der Waals surface area contributed by atoms with Crippen LogP contribution >= 0.6 is 0 Å². The molecule has 0 spiro atoms. The van der Waals surface area contributed by atoms with Gasteiger partial charge in [0.2, 0.25) is 0 Å². The number of hydrogen-bond acceptors (Lipinski definition) is 2. The molecule has 0 bridgehead atoms. The molecule has 1 aliphatic rings. The molecule has 3 nitrogen and oxygen atoms in total. The van der Waals surface area contributed by atoms with Crippen LogP contribution in [0.2, 0.25) is 0 Å². The largest absolute Gasteiger partial charge is 0.478 e. The number of carboxylic acids is 1. The van der Waals surface area contributed by atoms with E-state index in [-0.39, 0.29) is 0 Å². The van der Waals surface area contributed by atoms with Crippen molar-refractivity contribution in [3.05, 3.63) is 29.3 Å². The Bertz CT molecular complexity index is 456. The standard InChI is InChI=1S/C15H21NO2/c1-10-6-7-16(9-12(10)3)13-4-5-14(15(17)18)11(2)8-13/h4-5,8,10,12H,6-7,9H2,1-3H3,(H,17,18). The van der Waals surface area contributed by atoms with Gasteiger partial charge in [-0.1, -0.05) is 13.8 Å². The smallest absolute Gasteiger partial charge is 0.335 e. The van der Waals surface area contributed by atoms with E-state index in [4.69, 9.17) is 5.11 Å². The third-order valence-corrected chi connectivity index (χ3v) is 4.14. The van der Waals surface area contributed by atoms with Crippen LogP contribution in [-0.2, 0) is 0 Å². The summed E-state index contributed by atoms with van der Waals surface area (Å²) < 4.78 is 0. The summed E-state index contributed by atoms with van der Waals surface area (Å²) in [5.74, 6) is 0.624. The summed E-state index contributed by atoms with van der Waals surface area (Å²) in [4.78, 5) is 13.4. The Morgan fingerprint density at radius 3 is 2.61 bits per heavy atom. The van der Waals surface area contributed by atoms with Crippen LogP contribution in [0.3, 0.4) is 0 Å². The monoisotopic (exact) mass is 247 g/mol. The number of rotatable bonds is 2. The van der Waals surface area contributed by atoms with Crippen molar-refractivity contribution < 1.29 is 9.90 Å². The van der Waals surface area contributed by atoms with Crippen LogP contribution in [-0.4, -0.2) is 24.2 Å². The van der Waals surface area contributed by atoms with Gasteiger partial charge in [-0.15, -0.1) is 0 Å². The van der Waals surface area contributed by atoms with Crippen molar-refractivity contribution in [1.82, 2.24) is 0 Å². The summed E-state index contributed by atoms with van der Waals surface area (Å²) in [5.41, 5.74) is 2.39. The summed E-state index contributed by atoms with van der Waals surface area (Å²) in [5, 5.41) is 9.03. The second-order valence-electron chi connectivity index (χ2n) is 5.49. The minimum Gasteiger partial charge on any atom is -0.478 e. The lowest BCUT2D eigenvalue weighted by Gasteiger charge is -2.37. The minimum absolute atomic E-state index is 0.400. The van der Waals surface area contributed by atoms with Gasteiger partial charge in [0.1, 0.15) is 0 Å². The molecule has 0 amide bonds. The molecule has 1 aliphatic heterocycles. The lowest BCUT2D eigenvalue weighted by atomic mass is 9.88. The van der Waals surface area contributed by atoms with Gasteiger partial charge in [-0.05, 0) is 48.9 Å². The molecule has 2 rings (SSSR count). The zero-order valence-electron chi connectivity index (χ0n) is 11.3. The van der Waals surface area contributed by atoms with Gasteiger partial charge in [-0.3, -0.25) is 0 Å². The molecular formula is C15H21NO2. The zero-order chi connectivity index (χ0) is 13.3. The van der Waals surface area contributed by atoms with E-state index >= 15 is 0 Å². The van der Waals surface area contributed by atoms with Crippen LogP contribution < -0.4 is 4.90 Å². The van der Waals surface area contributed by atoms with Gasteiger partial charge >= 0.3 is 5.97 Å². The van der Waals surface area contributed by atoms with Gasteiger partial charge in [0, 0.05) is 18.8 Å². The van der Waals surface area contributed by atoms with Crippen molar-refractivity contribution in [3.63, 3.8) is 0 Å². The highest BCUT2D eigenvalue weighted by atomic mass is 16.4. The van der Waals surface area contributed by atoms with E-state index in [0.29, 0.717) is 11.5 Å². The third-order valence-electron chi connectivity index (χ3n) is 4.14. The Morgan fingerprint density at radius 1 is 1.33 bits per heavy atom. The van der Waals surface area contributed by atoms with E-state index in [1.54, 1.807) is 6.07 Å². The number of carbonyl (C=O) groups is 1. The Hall–Kier alpha value is -1.51. The molecule has 0 radical (unpaired) electrons. The molecule has 1 aromatic carbocycles. The molecule has 1 saturated heterocycles. The highest BCUT2D eigenvalue weighted by molar-refractivity contribution is 5.89. The Morgan fingerprint density at radius 2 is 2.06 bits per heavy atom. The van der Waals surface area contributed by atoms with Crippen molar-refractivity contribution in [3.8, 4) is 0 Å². The Balaban J connectivity index is 2.19. The van der Waals surface area contributed by atoms with Crippen LogP contribution in [0.15, 0.2) is 18.2 Å². The average Bonchev–Trinajstić information content (AvgIpc) is 2.32. The maximum atomic E-state index is 11.0. The van der Waals surface area contributed by atoms with E-state index in [1.807, 2.05) is 19.1 Å². The molecule has 1 N–H and O–H groups in total. The first-order valence-corrected chi connectivity index (χ1v) is 6.58. The van der Waals surface area contributed by atoms with Gasteiger partial charge in [-0.2, -0.15) is 0 Å². The summed E-state index contributed by atoms with van der Waals surface area (Å²) in [6, 6.07) is 5.64. The minimum atomic E-state index is -0.848. The van der Waals surface area contributed by atoms with E-state index < -0.39 is 5.97 Å². The number of aromatic carboxylic acids is 1. The van der Waals surface area contributed by atoms with E-state index in [9.17, 15) is 4.79 Å². The summed E-state index contributed by atoms with van der Waals surface area (Å²) >= 11 is 0. The fraction of sp³-hybridized carbons (Fsp3) is 0.533. The fourth-order valence-electron chi connectivity index (χ4n) is 2.58. The van der Waals surface area contributed by atoms with Crippen LogP contribution in [0.5, 0.6) is 0 Å². The summed E-state index contributed by atoms with van der Waals surface area (Å²) in [6.45, 7) is 8.59. The SMILES string of the molecule is Cc1cc(N2CCC(C)C(C)C2)ccc1C(=O)O. The molecule has 0 aromatic heterocycles. The van der Waals surface area contributed by atoms with Crippen LogP contribution in [0.25, 0.3) is 0 Å². The van der Waals surface area contributed by atoms with Crippen molar-refractivity contribution in [1.29, 1.82) is 0 Å². The maximum absolute atomic E-state index is 11.0. The van der Waals surface area contributed by atoms with Crippen molar-refractivity contribution >= 4 is 11.7 Å². The second kappa shape index (κ2) is 5.01. The highest BCUT2D eigenvalue weighted by Gasteiger charge is 2.23. The van der Waals surface area contributed by atoms with Crippen LogP contribution in [0.1, 0.15) is 36.2 Å². The molecule has 2 atom stereocenters. The molecule has 2 unspecified atom stereocenters. The Labute approximate surface area is 108 Å². The van der Waals surface area contributed by atoms with Gasteiger partial charge in [0.15, 0.2) is 0 Å². The molecule has 98 valence electrons. The molecule has 1 aromatic rings. The number of piperidine rings is 1. The highest BCUT2D eigenvalue weighted by Crippen LogP contribution is 2.28. The molecule has 18 heavy (non-hydrogen) atoms. The van der Waals surface area contributed by atoms with Gasteiger partial charge in [0.05, 0.1) is 5.56 Å². The first-order valence-electron chi connectivity index (χ1n) is 6.58. The van der Waals surface area contributed by atoms with E-state index in [2.05, 4.69) is 18.7 Å². The lowest BCUT2D eigenvalue weighted by Crippen LogP contribution is -2.38. The number of nitrogens with zero attached hydrogens (tertiary/aromatic N) is 1. The predicted octanol–water partition coefficient (Wildman–Crippen LogP) is 3.18. The van der Waals surface area contributed by atoms with Gasteiger partial charge in [0.25, 0.3) is 0 Å². The fourth-order valence-corrected chi connectivity index (χ4v) is 2.58. The topological polar surface area (TPSA) is 40.5 Å². The molecule has 1 heterocycles. The number of benzene rings is 1. The first-order chi connectivity index (χ1) is 8.49. The van der Waals surface area contributed by atoms with Crippen molar-refractivity contribution in [2.75, 3.05) is 18.0 Å². The Kier molecular flexibility index (Phi) is 3.60. The van der Waals surface area contributed by atoms with Gasteiger partial charge in [-0.25, -0.2) is 4.79 Å².